The number of nitrogens with one attached hydrogen (secondary N) is 1. The molecular weight excluding hydrogens is 376 g/mol. The van der Waals surface area contributed by atoms with Crippen LogP contribution in [0.1, 0.15) is 34.0 Å². The number of thioether (sulfide) groups is 1. The van der Waals surface area contributed by atoms with Crippen molar-refractivity contribution in [2.24, 2.45) is 0 Å². The molecule has 5 rings (SSSR count). The molecule has 1 aliphatic rings. The maximum atomic E-state index is 4.47. The van der Waals surface area contributed by atoms with Gasteiger partial charge in [0.2, 0.25) is 0 Å². The fraction of sp³-hybridized carbons (Fsp3) is 0.250. The highest BCUT2D eigenvalue weighted by Gasteiger charge is 2.32. The summed E-state index contributed by atoms with van der Waals surface area (Å²) in [5.74, 6) is 0. The van der Waals surface area contributed by atoms with Crippen LogP contribution in [0.25, 0.3) is 10.9 Å². The van der Waals surface area contributed by atoms with Gasteiger partial charge in [0.1, 0.15) is 0 Å². The van der Waals surface area contributed by atoms with Crippen molar-refractivity contribution in [3.63, 3.8) is 0 Å². The molecule has 1 atom stereocenters. The van der Waals surface area contributed by atoms with Crippen LogP contribution in [0.15, 0.2) is 66.1 Å². The van der Waals surface area contributed by atoms with E-state index >= 15 is 0 Å². The predicted octanol–water partition coefficient (Wildman–Crippen LogP) is 5.14. The van der Waals surface area contributed by atoms with Crippen LogP contribution in [0, 0.1) is 6.92 Å². The van der Waals surface area contributed by atoms with Crippen LogP contribution in [0.3, 0.4) is 0 Å². The van der Waals surface area contributed by atoms with Crippen molar-refractivity contribution in [1.29, 1.82) is 0 Å². The number of aryl methyl sites for hydroxylation is 1. The quantitative estimate of drug-likeness (QED) is 0.381. The first-order valence-corrected chi connectivity index (χ1v) is 11.2. The molecule has 5 heteroatoms. The van der Waals surface area contributed by atoms with E-state index < -0.39 is 0 Å². The lowest BCUT2D eigenvalue weighted by Crippen LogP contribution is -2.36. The number of rotatable bonds is 4. The fourth-order valence-corrected chi connectivity index (χ4v) is 4.79. The average Bonchev–Trinajstić information content (AvgIpc) is 3.13. The average molecular weight is 401 g/mol. The first-order chi connectivity index (χ1) is 14.2. The Morgan fingerprint density at radius 3 is 2.62 bits per heavy atom. The normalized spacial score (nSPS) is 16.8. The highest BCUT2D eigenvalue weighted by molar-refractivity contribution is 7.98. The van der Waals surface area contributed by atoms with Gasteiger partial charge in [-0.3, -0.25) is 4.90 Å². The second-order valence-electron chi connectivity index (χ2n) is 7.62. The zero-order chi connectivity index (χ0) is 19.8. The summed E-state index contributed by atoms with van der Waals surface area (Å²) in [5, 5.41) is 2.18. The minimum absolute atomic E-state index is 0.201. The van der Waals surface area contributed by atoms with Crippen molar-refractivity contribution < 1.29 is 0 Å². The molecule has 0 saturated carbocycles. The Kier molecular flexibility index (Phi) is 4.86. The lowest BCUT2D eigenvalue weighted by atomic mass is 9.90. The van der Waals surface area contributed by atoms with E-state index in [0.717, 1.165) is 30.2 Å². The molecule has 2 aromatic carbocycles. The molecule has 29 heavy (non-hydrogen) atoms. The molecule has 3 heterocycles. The summed E-state index contributed by atoms with van der Waals surface area (Å²) < 4.78 is 0. The lowest BCUT2D eigenvalue weighted by Gasteiger charge is -2.37. The zero-order valence-electron chi connectivity index (χ0n) is 16.7. The molecule has 0 fully saturated rings. The summed E-state index contributed by atoms with van der Waals surface area (Å²) in [7, 11) is 0. The number of nitrogens with zero attached hydrogens (tertiary/aromatic N) is 3. The van der Waals surface area contributed by atoms with Crippen LogP contribution < -0.4 is 0 Å². The number of para-hydroxylation sites is 1. The van der Waals surface area contributed by atoms with Gasteiger partial charge in [-0.1, -0.05) is 54.2 Å². The van der Waals surface area contributed by atoms with Gasteiger partial charge in [-0.15, -0.1) is 0 Å². The standard InChI is InChI=1S/C24H24N4S/c1-16-7-3-4-8-18(16)23-22-20(19-9-5-6-10-21(19)27-22)11-12-28(23)15-17-13-25-24(29-2)26-14-17/h3-10,13-14,23,27H,11-12,15H2,1-2H3/t23-/m1/s1. The number of aromatic nitrogens is 3. The van der Waals surface area contributed by atoms with Gasteiger partial charge in [0.05, 0.1) is 6.04 Å². The first kappa shape index (κ1) is 18.4. The highest BCUT2D eigenvalue weighted by Crippen LogP contribution is 2.39. The first-order valence-electron chi connectivity index (χ1n) is 9.98. The molecule has 0 saturated heterocycles. The summed E-state index contributed by atoms with van der Waals surface area (Å²) in [6, 6.07) is 17.6. The third-order valence-electron chi connectivity index (χ3n) is 5.87. The number of benzene rings is 2. The van der Waals surface area contributed by atoms with Gasteiger partial charge >= 0.3 is 0 Å². The van der Waals surface area contributed by atoms with E-state index in [1.54, 1.807) is 11.8 Å². The van der Waals surface area contributed by atoms with E-state index in [9.17, 15) is 0 Å². The largest absolute Gasteiger partial charge is 0.357 e. The van der Waals surface area contributed by atoms with E-state index in [2.05, 4.69) is 75.3 Å². The Bertz CT molecular complexity index is 1150. The number of hydrogen-bond donors (Lipinski definition) is 1. The molecule has 0 unspecified atom stereocenters. The fourth-order valence-electron chi connectivity index (χ4n) is 4.47. The van der Waals surface area contributed by atoms with Gasteiger partial charge in [0, 0.05) is 47.6 Å². The van der Waals surface area contributed by atoms with Crippen molar-refractivity contribution in [3.05, 3.63) is 88.9 Å². The Morgan fingerprint density at radius 2 is 1.83 bits per heavy atom. The maximum absolute atomic E-state index is 4.47. The van der Waals surface area contributed by atoms with Crippen molar-refractivity contribution in [3.8, 4) is 0 Å². The van der Waals surface area contributed by atoms with Crippen molar-refractivity contribution in [2.75, 3.05) is 12.8 Å². The number of aromatic amines is 1. The summed E-state index contributed by atoms with van der Waals surface area (Å²) >= 11 is 1.58. The minimum Gasteiger partial charge on any atom is -0.357 e. The maximum Gasteiger partial charge on any atom is 0.187 e. The second-order valence-corrected chi connectivity index (χ2v) is 8.39. The molecule has 0 aliphatic carbocycles. The third-order valence-corrected chi connectivity index (χ3v) is 6.44. The SMILES string of the molecule is CSc1ncc(CN2CCc3c([nH]c4ccccc34)[C@H]2c2ccccc2C)cn1. The Morgan fingerprint density at radius 1 is 1.07 bits per heavy atom. The number of H-pyrrole nitrogens is 1. The Hall–Kier alpha value is -2.63. The molecule has 0 radical (unpaired) electrons. The molecule has 4 aromatic rings. The van der Waals surface area contributed by atoms with Crippen molar-refractivity contribution >= 4 is 22.7 Å². The van der Waals surface area contributed by atoms with Gasteiger partial charge in [0.15, 0.2) is 5.16 Å². The van der Waals surface area contributed by atoms with Gasteiger partial charge in [-0.2, -0.15) is 0 Å². The molecule has 4 nitrogen and oxygen atoms in total. The number of fused-ring (bicyclic) bond motifs is 3. The minimum atomic E-state index is 0.201. The smallest absolute Gasteiger partial charge is 0.187 e. The molecule has 1 N–H and O–H groups in total. The van der Waals surface area contributed by atoms with Crippen LogP contribution in [0.2, 0.25) is 0 Å². The number of hydrogen-bond acceptors (Lipinski definition) is 4. The third kappa shape index (κ3) is 3.34. The highest BCUT2D eigenvalue weighted by atomic mass is 32.2. The molecule has 1 aliphatic heterocycles. The Balaban J connectivity index is 1.59. The summed E-state index contributed by atoms with van der Waals surface area (Å²) in [6.07, 6.45) is 6.99. The van der Waals surface area contributed by atoms with Crippen molar-refractivity contribution in [1.82, 2.24) is 19.9 Å². The summed E-state index contributed by atoms with van der Waals surface area (Å²) in [5.41, 5.74) is 7.85. The molecular formula is C24H24N4S. The topological polar surface area (TPSA) is 44.8 Å². The van der Waals surface area contributed by atoms with Crippen molar-refractivity contribution in [2.45, 2.75) is 31.1 Å². The van der Waals surface area contributed by atoms with Gasteiger partial charge in [-0.05, 0) is 42.4 Å². The molecule has 146 valence electrons. The van der Waals surface area contributed by atoms with Crippen LogP contribution in [-0.4, -0.2) is 32.7 Å². The van der Waals surface area contributed by atoms with Crippen LogP contribution in [0.4, 0.5) is 0 Å². The van der Waals surface area contributed by atoms with E-state index in [4.69, 9.17) is 0 Å². The van der Waals surface area contributed by atoms with Gasteiger partial charge < -0.3 is 4.98 Å². The van der Waals surface area contributed by atoms with E-state index in [1.165, 1.54) is 33.3 Å². The molecule has 0 spiro atoms. The van der Waals surface area contributed by atoms with Gasteiger partial charge in [0.25, 0.3) is 0 Å². The predicted molar refractivity (Wildman–Crippen MR) is 119 cm³/mol. The molecule has 2 aromatic heterocycles. The zero-order valence-corrected chi connectivity index (χ0v) is 17.5. The van der Waals surface area contributed by atoms with Gasteiger partial charge in [-0.25, -0.2) is 9.97 Å². The lowest BCUT2D eigenvalue weighted by molar-refractivity contribution is 0.201. The molecule has 0 bridgehead atoms. The van der Waals surface area contributed by atoms with Crippen LogP contribution in [-0.2, 0) is 13.0 Å². The molecule has 0 amide bonds. The monoisotopic (exact) mass is 400 g/mol. The Labute approximate surface area is 175 Å². The van der Waals surface area contributed by atoms with E-state index in [-0.39, 0.29) is 6.04 Å². The summed E-state index contributed by atoms with van der Waals surface area (Å²) in [4.78, 5) is 15.3. The van der Waals surface area contributed by atoms with Crippen LogP contribution >= 0.6 is 11.8 Å². The van der Waals surface area contributed by atoms with E-state index in [0.29, 0.717) is 0 Å². The second kappa shape index (κ2) is 7.65. The van der Waals surface area contributed by atoms with E-state index in [1.807, 2.05) is 18.6 Å². The summed E-state index contributed by atoms with van der Waals surface area (Å²) in [6.45, 7) is 4.06. The van der Waals surface area contributed by atoms with Crippen LogP contribution in [0.5, 0.6) is 0 Å².